The molecule has 23 heavy (non-hydrogen) atoms. The van der Waals surface area contributed by atoms with Crippen LogP contribution in [0.2, 0.25) is 5.15 Å². The number of benzene rings is 1. The van der Waals surface area contributed by atoms with E-state index in [1.807, 2.05) is 12.1 Å². The van der Waals surface area contributed by atoms with Crippen LogP contribution in [0.1, 0.15) is 0 Å². The lowest BCUT2D eigenvalue weighted by molar-refractivity contribution is -0.114. The maximum Gasteiger partial charge on any atom is 0.258 e. The van der Waals surface area contributed by atoms with Gasteiger partial charge in [-0.05, 0) is 18.2 Å². The summed E-state index contributed by atoms with van der Waals surface area (Å²) in [5, 5.41) is 1.90. The fourth-order valence-electron chi connectivity index (χ4n) is 2.22. The number of likely N-dealkylation sites (N-methyl/N-ethyl adjacent to an activating group) is 1. The third-order valence-electron chi connectivity index (χ3n) is 3.46. The minimum absolute atomic E-state index is 0.215. The third kappa shape index (κ3) is 3.27. The average molecular weight is 329 g/mol. The van der Waals surface area contributed by atoms with Crippen molar-refractivity contribution in [1.29, 1.82) is 0 Å². The molecule has 0 N–H and O–H groups in total. The van der Waals surface area contributed by atoms with Gasteiger partial charge in [-0.1, -0.05) is 43.0 Å². The van der Waals surface area contributed by atoms with E-state index in [0.717, 1.165) is 10.8 Å². The van der Waals surface area contributed by atoms with Crippen LogP contribution in [-0.4, -0.2) is 25.0 Å². The van der Waals surface area contributed by atoms with Crippen LogP contribution in [0, 0.1) is 0 Å². The number of pyridine rings is 1. The largest absolute Gasteiger partial charge is 0.497 e. The van der Waals surface area contributed by atoms with Gasteiger partial charge in [-0.2, -0.15) is 0 Å². The molecule has 0 unspecified atom stereocenters. The van der Waals surface area contributed by atoms with Crippen molar-refractivity contribution in [2.45, 2.75) is 0 Å². The lowest BCUT2D eigenvalue weighted by atomic mass is 10.1. The Balaban J connectivity index is 2.60. The Hall–Kier alpha value is -2.59. The number of hydrogen-bond donors (Lipinski definition) is 0. The number of methoxy groups -OCH3 is 1. The van der Waals surface area contributed by atoms with E-state index >= 15 is 0 Å². The maximum atomic E-state index is 12.6. The molecule has 2 aromatic rings. The van der Waals surface area contributed by atoms with Crippen LogP contribution in [0.3, 0.4) is 0 Å². The zero-order valence-electron chi connectivity index (χ0n) is 13.0. The molecule has 0 saturated heterocycles. The van der Waals surface area contributed by atoms with E-state index in [4.69, 9.17) is 16.3 Å². The highest BCUT2D eigenvalue weighted by molar-refractivity contribution is 6.35. The molecule has 118 valence electrons. The topological polar surface area (TPSA) is 42.4 Å². The van der Waals surface area contributed by atoms with Crippen LogP contribution in [0.25, 0.3) is 10.8 Å². The molecule has 0 spiro atoms. The molecule has 4 nitrogen and oxygen atoms in total. The zero-order chi connectivity index (χ0) is 17.0. The molecular formula is C18H17ClN2O2. The van der Waals surface area contributed by atoms with Crippen molar-refractivity contribution >= 4 is 34.0 Å². The number of anilines is 1. The van der Waals surface area contributed by atoms with Crippen LogP contribution in [-0.2, 0) is 4.79 Å². The van der Waals surface area contributed by atoms with Gasteiger partial charge in [0.25, 0.3) is 5.91 Å². The predicted octanol–water partition coefficient (Wildman–Crippen LogP) is 4.16. The first-order valence-corrected chi connectivity index (χ1v) is 7.26. The monoisotopic (exact) mass is 328 g/mol. The number of carbonyl (C=O) groups excluding carboxylic acids is 1. The van der Waals surface area contributed by atoms with Gasteiger partial charge >= 0.3 is 0 Å². The summed E-state index contributed by atoms with van der Waals surface area (Å²) in [7, 11) is 3.26. The lowest BCUT2D eigenvalue weighted by Crippen LogP contribution is -2.27. The second kappa shape index (κ2) is 7.11. The number of carbonyl (C=O) groups is 1. The SMILES string of the molecule is C=C/C=C(\C=C)C(=O)N(C)c1cnc(Cl)c2ccc(OC)cc12. The molecule has 0 aliphatic carbocycles. The van der Waals surface area contributed by atoms with E-state index < -0.39 is 0 Å². The fraction of sp³-hybridized carbons (Fsp3) is 0.111. The second-order valence-corrected chi connectivity index (χ2v) is 5.13. The van der Waals surface area contributed by atoms with Crippen molar-refractivity contribution in [1.82, 2.24) is 4.98 Å². The van der Waals surface area contributed by atoms with Crippen LogP contribution >= 0.6 is 11.6 Å². The van der Waals surface area contributed by atoms with Crippen molar-refractivity contribution in [2.24, 2.45) is 0 Å². The Bertz CT molecular complexity index is 812. The summed E-state index contributed by atoms with van der Waals surface area (Å²) < 4.78 is 5.26. The van der Waals surface area contributed by atoms with Gasteiger partial charge in [-0.15, -0.1) is 0 Å². The third-order valence-corrected chi connectivity index (χ3v) is 3.76. The van der Waals surface area contributed by atoms with Gasteiger partial charge in [0.05, 0.1) is 19.0 Å². The van der Waals surface area contributed by atoms with E-state index in [1.54, 1.807) is 38.6 Å². The quantitative estimate of drug-likeness (QED) is 0.470. The molecule has 0 aliphatic rings. The van der Waals surface area contributed by atoms with Gasteiger partial charge in [0, 0.05) is 23.4 Å². The fourth-order valence-corrected chi connectivity index (χ4v) is 2.44. The van der Waals surface area contributed by atoms with Crippen LogP contribution in [0.4, 0.5) is 5.69 Å². The molecule has 0 saturated carbocycles. The standard InChI is InChI=1S/C18H17ClN2O2/c1-5-7-12(6-2)18(22)21(3)16-11-20-17(19)14-9-8-13(23-4)10-15(14)16/h5-11H,1-2H2,3-4H3/b12-7+. The van der Waals surface area contributed by atoms with Crippen LogP contribution in [0.15, 0.2) is 61.4 Å². The maximum absolute atomic E-state index is 12.6. The highest BCUT2D eigenvalue weighted by atomic mass is 35.5. The molecule has 1 amide bonds. The summed E-state index contributed by atoms with van der Waals surface area (Å²) in [6.07, 6.45) is 6.21. The predicted molar refractivity (Wildman–Crippen MR) is 95.2 cm³/mol. The Kier molecular flexibility index (Phi) is 5.19. The molecule has 0 atom stereocenters. The van der Waals surface area contributed by atoms with Gasteiger partial charge < -0.3 is 9.64 Å². The number of ether oxygens (including phenoxy) is 1. The van der Waals surface area contributed by atoms with Crippen molar-refractivity contribution in [2.75, 3.05) is 19.1 Å². The highest BCUT2D eigenvalue weighted by Gasteiger charge is 2.18. The van der Waals surface area contributed by atoms with E-state index in [1.165, 1.54) is 11.0 Å². The smallest absolute Gasteiger partial charge is 0.258 e. The Morgan fingerprint density at radius 1 is 1.35 bits per heavy atom. The number of allylic oxidation sites excluding steroid dienone is 2. The summed E-state index contributed by atoms with van der Waals surface area (Å²) in [5.41, 5.74) is 1.07. The Morgan fingerprint density at radius 3 is 2.70 bits per heavy atom. The summed E-state index contributed by atoms with van der Waals surface area (Å²) in [6.45, 7) is 7.27. The van der Waals surface area contributed by atoms with Crippen molar-refractivity contribution in [3.63, 3.8) is 0 Å². The number of fused-ring (bicyclic) bond motifs is 1. The van der Waals surface area contributed by atoms with Crippen molar-refractivity contribution < 1.29 is 9.53 Å². The van der Waals surface area contributed by atoms with Crippen LogP contribution < -0.4 is 9.64 Å². The molecule has 2 rings (SSSR count). The van der Waals surface area contributed by atoms with Gasteiger partial charge in [0.15, 0.2) is 0 Å². The summed E-state index contributed by atoms with van der Waals surface area (Å²) in [6, 6.07) is 5.44. The summed E-state index contributed by atoms with van der Waals surface area (Å²) in [5.74, 6) is 0.459. The zero-order valence-corrected chi connectivity index (χ0v) is 13.8. The van der Waals surface area contributed by atoms with Gasteiger partial charge in [0.1, 0.15) is 10.9 Å². The van der Waals surface area contributed by atoms with E-state index in [0.29, 0.717) is 22.2 Å². The van der Waals surface area contributed by atoms with Crippen LogP contribution in [0.5, 0.6) is 5.75 Å². The number of hydrogen-bond acceptors (Lipinski definition) is 3. The number of nitrogens with zero attached hydrogens (tertiary/aromatic N) is 2. The van der Waals surface area contributed by atoms with Gasteiger partial charge in [0.2, 0.25) is 0 Å². The summed E-state index contributed by atoms with van der Waals surface area (Å²) in [4.78, 5) is 18.3. The van der Waals surface area contributed by atoms with E-state index in [9.17, 15) is 4.79 Å². The van der Waals surface area contributed by atoms with E-state index in [-0.39, 0.29) is 5.91 Å². The molecule has 0 aliphatic heterocycles. The number of rotatable bonds is 5. The highest BCUT2D eigenvalue weighted by Crippen LogP contribution is 2.33. The Morgan fingerprint density at radius 2 is 2.09 bits per heavy atom. The minimum atomic E-state index is -0.215. The molecular weight excluding hydrogens is 312 g/mol. The first-order valence-electron chi connectivity index (χ1n) is 6.89. The minimum Gasteiger partial charge on any atom is -0.497 e. The summed E-state index contributed by atoms with van der Waals surface area (Å²) >= 11 is 6.15. The Labute approximate surface area is 140 Å². The van der Waals surface area contributed by atoms with Gasteiger partial charge in [-0.3, -0.25) is 4.79 Å². The van der Waals surface area contributed by atoms with Gasteiger partial charge in [-0.25, -0.2) is 4.98 Å². The molecule has 0 bridgehead atoms. The first-order chi connectivity index (χ1) is 11.0. The van der Waals surface area contributed by atoms with Crippen molar-refractivity contribution in [3.05, 3.63) is 66.5 Å². The molecule has 1 aromatic carbocycles. The number of halogens is 1. The average Bonchev–Trinajstić information content (AvgIpc) is 2.58. The molecule has 1 heterocycles. The first kappa shape index (κ1) is 16.8. The lowest BCUT2D eigenvalue weighted by Gasteiger charge is -2.20. The van der Waals surface area contributed by atoms with Crippen molar-refractivity contribution in [3.8, 4) is 5.75 Å². The van der Waals surface area contributed by atoms with E-state index in [2.05, 4.69) is 18.1 Å². The molecule has 1 aromatic heterocycles. The number of aromatic nitrogens is 1. The molecule has 0 radical (unpaired) electrons. The second-order valence-electron chi connectivity index (χ2n) is 4.77. The normalized spacial score (nSPS) is 11.2. The molecule has 0 fully saturated rings. The molecule has 5 heteroatoms. The number of amides is 1.